The smallest absolute Gasteiger partial charge is 0.243 e. The maximum atomic E-state index is 13.9. The molecule has 10 atom stereocenters. The minimum absolute atomic E-state index is 0.0174. The first-order valence-electron chi connectivity index (χ1n) is 19.5. The lowest BCUT2D eigenvalue weighted by Gasteiger charge is -2.29. The zero-order valence-electron chi connectivity index (χ0n) is 34.1. The third-order valence-corrected chi connectivity index (χ3v) is 9.91. The second kappa shape index (κ2) is 27.9. The van der Waals surface area contributed by atoms with Crippen LogP contribution in [0.1, 0.15) is 86.5 Å². The van der Waals surface area contributed by atoms with Crippen LogP contribution in [-0.2, 0) is 33.6 Å². The highest BCUT2D eigenvalue weighted by Crippen LogP contribution is 2.12. The number of hydrogen-bond donors (Lipinski definition) is 11. The van der Waals surface area contributed by atoms with Gasteiger partial charge in [0.25, 0.3) is 0 Å². The molecule has 10 unspecified atom stereocenters. The van der Waals surface area contributed by atoms with Crippen molar-refractivity contribution in [2.45, 2.75) is 129 Å². The number of nitrogens with one attached hydrogen (secondary N) is 11. The van der Waals surface area contributed by atoms with Crippen LogP contribution in [0.15, 0.2) is 0 Å². The molecule has 1 rings (SSSR count). The fourth-order valence-corrected chi connectivity index (χ4v) is 6.60. The fourth-order valence-electron chi connectivity index (χ4n) is 6.10. The number of carbonyl (C=O) groups is 7. The summed E-state index contributed by atoms with van der Waals surface area (Å²) < 4.78 is 0. The molecule has 56 heavy (non-hydrogen) atoms. The Morgan fingerprint density at radius 2 is 0.768 bits per heavy atom. The number of carbonyl (C=O) groups excluding carboxylic acids is 7. The summed E-state index contributed by atoms with van der Waals surface area (Å²) in [5.74, 6) is -3.98. The molecule has 0 radical (unpaired) electrons. The topological polar surface area (TPSA) is 252 Å². The van der Waals surface area contributed by atoms with Crippen LogP contribution in [-0.4, -0.2) is 117 Å². The van der Waals surface area contributed by atoms with Gasteiger partial charge in [-0.1, -0.05) is 69.7 Å². The van der Waals surface area contributed by atoms with Gasteiger partial charge in [0.2, 0.25) is 41.4 Å². The SMILES string of the molecule is CNC1CCNC(=O)C(CC(C)C)NC(=O)C(CCNP)NC(=O)C(CCNP)NC(=O)C(CC(C)C)NC(=O)C(CC(C)C)NC(=O)C(CCNP)NC1=O. The average molecular weight is 850 g/mol. The summed E-state index contributed by atoms with van der Waals surface area (Å²) in [6.07, 6.45) is 1.44. The van der Waals surface area contributed by atoms with Crippen molar-refractivity contribution in [2.75, 3.05) is 33.2 Å². The molecule has 322 valence electrons. The maximum Gasteiger partial charge on any atom is 0.243 e. The highest BCUT2D eigenvalue weighted by Gasteiger charge is 2.34. The molecular formula is C35H70N11O7P3. The molecule has 0 spiro atoms. The van der Waals surface area contributed by atoms with Gasteiger partial charge < -0.3 is 57.8 Å². The molecule has 7 amide bonds. The summed E-state index contributed by atoms with van der Waals surface area (Å²) in [6.45, 7) is 12.5. The van der Waals surface area contributed by atoms with Crippen molar-refractivity contribution in [2.24, 2.45) is 17.8 Å². The van der Waals surface area contributed by atoms with Crippen molar-refractivity contribution in [1.29, 1.82) is 0 Å². The fraction of sp³-hybridized carbons (Fsp3) is 0.800. The Hall–Kier alpha value is -2.58. The third-order valence-electron chi connectivity index (χ3n) is 9.05. The van der Waals surface area contributed by atoms with E-state index in [1.165, 1.54) is 0 Å². The largest absolute Gasteiger partial charge is 0.354 e. The van der Waals surface area contributed by atoms with Crippen LogP contribution in [0, 0.1) is 17.8 Å². The molecule has 0 bridgehead atoms. The monoisotopic (exact) mass is 849 g/mol. The molecule has 0 aromatic heterocycles. The number of likely N-dealkylation sites (N-methyl/N-ethyl adjacent to an activating group) is 1. The molecular weight excluding hydrogens is 779 g/mol. The van der Waals surface area contributed by atoms with Gasteiger partial charge in [0.1, 0.15) is 36.3 Å². The highest BCUT2D eigenvalue weighted by atomic mass is 31.0. The first kappa shape index (κ1) is 51.4. The minimum Gasteiger partial charge on any atom is -0.354 e. The first-order valence-corrected chi connectivity index (χ1v) is 21.3. The van der Waals surface area contributed by atoms with Crippen LogP contribution >= 0.6 is 28.2 Å². The maximum absolute atomic E-state index is 13.9. The molecule has 0 saturated carbocycles. The van der Waals surface area contributed by atoms with Crippen molar-refractivity contribution in [3.8, 4) is 0 Å². The van der Waals surface area contributed by atoms with E-state index in [0.29, 0.717) is 26.1 Å². The summed E-state index contributed by atoms with van der Waals surface area (Å²) in [6, 6.07) is -7.05. The summed E-state index contributed by atoms with van der Waals surface area (Å²) >= 11 is 0. The van der Waals surface area contributed by atoms with E-state index in [9.17, 15) is 33.6 Å². The van der Waals surface area contributed by atoms with Gasteiger partial charge in [-0.2, -0.15) is 0 Å². The lowest BCUT2D eigenvalue weighted by molar-refractivity contribution is -0.136. The van der Waals surface area contributed by atoms with Crippen LogP contribution in [0.4, 0.5) is 0 Å². The van der Waals surface area contributed by atoms with Gasteiger partial charge >= 0.3 is 0 Å². The quantitative estimate of drug-likeness (QED) is 0.0794. The minimum atomic E-state index is -1.10. The van der Waals surface area contributed by atoms with Gasteiger partial charge in [0, 0.05) is 26.2 Å². The van der Waals surface area contributed by atoms with Crippen molar-refractivity contribution >= 4 is 69.5 Å². The van der Waals surface area contributed by atoms with E-state index in [1.54, 1.807) is 7.05 Å². The Kier molecular flexibility index (Phi) is 25.7. The van der Waals surface area contributed by atoms with Gasteiger partial charge in [0.15, 0.2) is 0 Å². The van der Waals surface area contributed by atoms with Crippen molar-refractivity contribution in [3.63, 3.8) is 0 Å². The van der Waals surface area contributed by atoms with Gasteiger partial charge in [-0.15, -0.1) is 0 Å². The third kappa shape index (κ3) is 19.7. The van der Waals surface area contributed by atoms with E-state index in [4.69, 9.17) is 0 Å². The van der Waals surface area contributed by atoms with Gasteiger partial charge in [-0.05, 0) is 69.7 Å². The predicted molar refractivity (Wildman–Crippen MR) is 227 cm³/mol. The van der Waals surface area contributed by atoms with Crippen LogP contribution in [0.5, 0.6) is 0 Å². The lowest BCUT2D eigenvalue weighted by Crippen LogP contribution is -2.60. The molecule has 1 fully saturated rings. The molecule has 1 aliphatic heterocycles. The normalized spacial score (nSPS) is 25.9. The Morgan fingerprint density at radius 3 is 1.07 bits per heavy atom. The van der Waals surface area contributed by atoms with Crippen molar-refractivity contribution < 1.29 is 33.6 Å². The van der Waals surface area contributed by atoms with Crippen LogP contribution < -0.4 is 57.8 Å². The Morgan fingerprint density at radius 1 is 0.482 bits per heavy atom. The average Bonchev–Trinajstić information content (AvgIpc) is 3.12. The molecule has 1 saturated heterocycles. The zero-order valence-corrected chi connectivity index (χ0v) is 37.6. The molecule has 0 aliphatic carbocycles. The molecule has 1 heterocycles. The molecule has 0 aromatic rings. The Labute approximate surface area is 339 Å². The number of amides is 7. The van der Waals surface area contributed by atoms with E-state index >= 15 is 0 Å². The van der Waals surface area contributed by atoms with E-state index in [2.05, 4.69) is 86.0 Å². The number of hydrogen-bond acceptors (Lipinski definition) is 11. The van der Waals surface area contributed by atoms with Crippen LogP contribution in [0.2, 0.25) is 0 Å². The Balaban J connectivity index is 3.74. The second-order valence-electron chi connectivity index (χ2n) is 15.4. The number of rotatable bonds is 16. The van der Waals surface area contributed by atoms with E-state index in [0.717, 1.165) is 0 Å². The van der Waals surface area contributed by atoms with Crippen LogP contribution in [0.25, 0.3) is 0 Å². The predicted octanol–water partition coefficient (Wildman–Crippen LogP) is -1.55. The standard InChI is InChI=1S/C35H70N11O7P3/c1-19(2)16-26-29(47)37-12-8-22(36-7)30(48)41-24(10-14-39-55)33(51)45-28(18-21(5)6)35(53)46-27(17-20(3)4)34(52)43-23(9-13-38-54)31(49)42-25(11-15-40-56)32(50)44-26/h19-28,36,38-40H,8-18,54-56H2,1-7H3,(H,37,47)(H,41,48)(H,42,49)(H,43,52)(H,44,50)(H,45,51)(H,46,53). The van der Waals surface area contributed by atoms with Crippen LogP contribution in [0.3, 0.4) is 0 Å². The molecule has 0 aromatic carbocycles. The highest BCUT2D eigenvalue weighted by molar-refractivity contribution is 7.14. The lowest BCUT2D eigenvalue weighted by atomic mass is 9.99. The molecule has 21 heteroatoms. The van der Waals surface area contributed by atoms with Crippen molar-refractivity contribution in [1.82, 2.24) is 57.8 Å². The summed E-state index contributed by atoms with van der Waals surface area (Å²) in [5.41, 5.74) is 0. The summed E-state index contributed by atoms with van der Waals surface area (Å²) in [7, 11) is 8.63. The molecule has 18 nitrogen and oxygen atoms in total. The molecule has 1 aliphatic rings. The van der Waals surface area contributed by atoms with E-state index in [-0.39, 0.29) is 62.8 Å². The van der Waals surface area contributed by atoms with E-state index < -0.39 is 83.6 Å². The second-order valence-corrected chi connectivity index (χ2v) is 16.6. The summed E-state index contributed by atoms with van der Waals surface area (Å²) in [4.78, 5) is 96.3. The van der Waals surface area contributed by atoms with Gasteiger partial charge in [-0.25, -0.2) is 0 Å². The zero-order chi connectivity index (χ0) is 42.4. The van der Waals surface area contributed by atoms with E-state index in [1.807, 2.05) is 41.5 Å². The van der Waals surface area contributed by atoms with Crippen molar-refractivity contribution in [3.05, 3.63) is 0 Å². The van der Waals surface area contributed by atoms with Gasteiger partial charge in [0.05, 0.1) is 6.04 Å². The van der Waals surface area contributed by atoms with Gasteiger partial charge in [-0.3, -0.25) is 33.6 Å². The Bertz CT molecular complexity index is 1280. The summed E-state index contributed by atoms with van der Waals surface area (Å²) in [5, 5.41) is 31.2. The first-order chi connectivity index (χ1) is 26.5. The molecule has 11 N–H and O–H groups in total.